The first kappa shape index (κ1) is 21.7. The summed E-state index contributed by atoms with van der Waals surface area (Å²) < 4.78 is 12.7. The molecule has 0 spiro atoms. The van der Waals surface area contributed by atoms with E-state index in [0.717, 1.165) is 17.1 Å². The molecule has 0 aliphatic carbocycles. The normalized spacial score (nSPS) is 16.0. The second kappa shape index (κ2) is 9.31. The molecular weight excluding hydrogens is 430 g/mol. The van der Waals surface area contributed by atoms with Gasteiger partial charge in [0.2, 0.25) is 0 Å². The Hall–Kier alpha value is -3.53. The molecule has 3 heterocycles. The Morgan fingerprint density at radius 2 is 2.03 bits per heavy atom. The standard InChI is InChI=1S/C22H23N5O4S/c1-4-30-20(28)18-15(23-21(29)24-19(18)17-10-7-11-31-17)12-32-22-26-25-14(3)27(22)16-9-6-5-8-13(16)2/h5-11,19H,4,12H2,1-3H3,(H2,23,24,29). The van der Waals surface area contributed by atoms with E-state index in [4.69, 9.17) is 9.15 Å². The van der Waals surface area contributed by atoms with Crippen molar-refractivity contribution < 1.29 is 18.7 Å². The third-order valence-corrected chi connectivity index (χ3v) is 5.93. The van der Waals surface area contributed by atoms with Crippen molar-refractivity contribution in [2.24, 2.45) is 0 Å². The van der Waals surface area contributed by atoms with Crippen LogP contribution in [0.3, 0.4) is 0 Å². The molecular formula is C22H23N5O4S. The number of rotatable bonds is 7. The second-order valence-electron chi connectivity index (χ2n) is 7.10. The molecule has 1 atom stereocenters. The topological polar surface area (TPSA) is 111 Å². The number of ether oxygens (including phenoxy) is 1. The maximum absolute atomic E-state index is 12.8. The fourth-order valence-electron chi connectivity index (χ4n) is 3.52. The summed E-state index contributed by atoms with van der Waals surface area (Å²) in [6, 6.07) is 10.2. The molecule has 0 radical (unpaired) electrons. The van der Waals surface area contributed by atoms with Gasteiger partial charge in [-0.05, 0) is 44.5 Å². The number of para-hydroxylation sites is 1. The number of hydrogen-bond donors (Lipinski definition) is 2. The van der Waals surface area contributed by atoms with E-state index < -0.39 is 18.0 Å². The summed E-state index contributed by atoms with van der Waals surface area (Å²) in [6.07, 6.45) is 1.49. The van der Waals surface area contributed by atoms with Crippen molar-refractivity contribution in [3.05, 3.63) is 71.1 Å². The highest BCUT2D eigenvalue weighted by Crippen LogP contribution is 2.31. The zero-order valence-corrected chi connectivity index (χ0v) is 18.7. The van der Waals surface area contributed by atoms with Gasteiger partial charge in [0.05, 0.1) is 24.1 Å². The van der Waals surface area contributed by atoms with Gasteiger partial charge in [0.1, 0.15) is 17.6 Å². The lowest BCUT2D eigenvalue weighted by molar-refractivity contribution is -0.139. The molecule has 1 aliphatic rings. The molecule has 1 aliphatic heterocycles. The highest BCUT2D eigenvalue weighted by atomic mass is 32.2. The van der Waals surface area contributed by atoms with Crippen LogP contribution in [-0.4, -0.2) is 39.1 Å². The number of esters is 1. The van der Waals surface area contributed by atoms with Gasteiger partial charge >= 0.3 is 12.0 Å². The maximum atomic E-state index is 12.8. The van der Waals surface area contributed by atoms with Gasteiger partial charge in [-0.25, -0.2) is 9.59 Å². The van der Waals surface area contributed by atoms with Crippen molar-refractivity contribution in [1.82, 2.24) is 25.4 Å². The van der Waals surface area contributed by atoms with E-state index in [9.17, 15) is 9.59 Å². The summed E-state index contributed by atoms with van der Waals surface area (Å²) in [6.45, 7) is 5.84. The summed E-state index contributed by atoms with van der Waals surface area (Å²) in [5.41, 5.74) is 2.79. The first-order valence-corrected chi connectivity index (χ1v) is 11.1. The van der Waals surface area contributed by atoms with Crippen LogP contribution < -0.4 is 10.6 Å². The number of carbonyl (C=O) groups is 2. The Balaban J connectivity index is 1.69. The number of amides is 2. The lowest BCUT2D eigenvalue weighted by Crippen LogP contribution is -2.46. The van der Waals surface area contributed by atoms with Crippen LogP contribution in [0, 0.1) is 13.8 Å². The highest BCUT2D eigenvalue weighted by molar-refractivity contribution is 7.99. The van der Waals surface area contributed by atoms with Gasteiger partial charge < -0.3 is 19.8 Å². The van der Waals surface area contributed by atoms with Gasteiger partial charge in [0, 0.05) is 11.4 Å². The number of urea groups is 1. The van der Waals surface area contributed by atoms with E-state index in [2.05, 4.69) is 20.8 Å². The molecule has 166 valence electrons. The van der Waals surface area contributed by atoms with Crippen LogP contribution in [0.4, 0.5) is 4.79 Å². The molecule has 0 saturated carbocycles. The van der Waals surface area contributed by atoms with Gasteiger partial charge in [-0.3, -0.25) is 4.57 Å². The summed E-state index contributed by atoms with van der Waals surface area (Å²) in [7, 11) is 0. The molecule has 10 heteroatoms. The Kier molecular flexibility index (Phi) is 6.31. The molecule has 0 bridgehead atoms. The average Bonchev–Trinajstić information content (AvgIpc) is 3.42. The number of nitrogens with one attached hydrogen (secondary N) is 2. The summed E-state index contributed by atoms with van der Waals surface area (Å²) in [5.74, 6) is 0.949. The minimum absolute atomic E-state index is 0.211. The summed E-state index contributed by atoms with van der Waals surface area (Å²) >= 11 is 1.37. The molecule has 0 saturated heterocycles. The number of nitrogens with zero attached hydrogens (tertiary/aromatic N) is 3. The van der Waals surface area contributed by atoms with Crippen LogP contribution in [0.15, 0.2) is 63.5 Å². The predicted molar refractivity (Wildman–Crippen MR) is 118 cm³/mol. The van der Waals surface area contributed by atoms with E-state index in [0.29, 0.717) is 22.2 Å². The Bertz CT molecular complexity index is 1170. The van der Waals surface area contributed by atoms with Crippen molar-refractivity contribution >= 4 is 23.8 Å². The zero-order chi connectivity index (χ0) is 22.7. The van der Waals surface area contributed by atoms with E-state index in [1.807, 2.05) is 42.7 Å². The van der Waals surface area contributed by atoms with Gasteiger partial charge in [-0.15, -0.1) is 10.2 Å². The van der Waals surface area contributed by atoms with Crippen molar-refractivity contribution in [1.29, 1.82) is 0 Å². The van der Waals surface area contributed by atoms with Crippen LogP contribution in [0.2, 0.25) is 0 Å². The number of aryl methyl sites for hydroxylation is 2. The highest BCUT2D eigenvalue weighted by Gasteiger charge is 2.35. The third kappa shape index (κ3) is 4.26. The minimum atomic E-state index is -0.746. The largest absolute Gasteiger partial charge is 0.467 e. The number of thioether (sulfide) groups is 1. The summed E-state index contributed by atoms with van der Waals surface area (Å²) in [5, 5.41) is 14.7. The quantitative estimate of drug-likeness (QED) is 0.416. The first-order valence-electron chi connectivity index (χ1n) is 10.1. The van der Waals surface area contributed by atoms with Crippen molar-refractivity contribution in [3.8, 4) is 5.69 Å². The number of benzene rings is 1. The molecule has 2 amide bonds. The van der Waals surface area contributed by atoms with Gasteiger partial charge in [-0.2, -0.15) is 0 Å². The van der Waals surface area contributed by atoms with Crippen LogP contribution in [-0.2, 0) is 9.53 Å². The van der Waals surface area contributed by atoms with E-state index in [1.54, 1.807) is 19.1 Å². The Morgan fingerprint density at radius 3 is 2.75 bits per heavy atom. The molecule has 9 nitrogen and oxygen atoms in total. The van der Waals surface area contributed by atoms with Crippen LogP contribution in [0.5, 0.6) is 0 Å². The molecule has 0 fully saturated rings. The summed E-state index contributed by atoms with van der Waals surface area (Å²) in [4.78, 5) is 25.2. The molecule has 2 N–H and O–H groups in total. The third-order valence-electron chi connectivity index (χ3n) is 4.97. The van der Waals surface area contributed by atoms with Crippen LogP contribution in [0.25, 0.3) is 5.69 Å². The fraction of sp³-hybridized carbons (Fsp3) is 0.273. The monoisotopic (exact) mass is 453 g/mol. The Labute approximate surface area is 189 Å². The van der Waals surface area contributed by atoms with Gasteiger partial charge in [0.25, 0.3) is 0 Å². The molecule has 3 aromatic rings. The lowest BCUT2D eigenvalue weighted by atomic mass is 10.0. The SMILES string of the molecule is CCOC(=O)C1=C(CSc2nnc(C)n2-c2ccccc2C)NC(=O)NC1c1ccco1. The lowest BCUT2D eigenvalue weighted by Gasteiger charge is -2.27. The predicted octanol–water partition coefficient (Wildman–Crippen LogP) is 3.44. The fourth-order valence-corrected chi connectivity index (χ4v) is 4.47. The number of aromatic nitrogens is 3. The van der Waals surface area contributed by atoms with Crippen LogP contribution >= 0.6 is 11.8 Å². The molecule has 32 heavy (non-hydrogen) atoms. The molecule has 1 unspecified atom stereocenters. The first-order chi connectivity index (χ1) is 15.5. The Morgan fingerprint density at radius 1 is 1.22 bits per heavy atom. The van der Waals surface area contributed by atoms with Crippen molar-refractivity contribution in [2.45, 2.75) is 32.0 Å². The second-order valence-corrected chi connectivity index (χ2v) is 8.04. The van der Waals surface area contributed by atoms with E-state index in [1.165, 1.54) is 18.0 Å². The van der Waals surface area contributed by atoms with E-state index in [-0.39, 0.29) is 12.4 Å². The number of hydrogen-bond acceptors (Lipinski definition) is 7. The maximum Gasteiger partial charge on any atom is 0.338 e. The zero-order valence-electron chi connectivity index (χ0n) is 17.9. The smallest absolute Gasteiger partial charge is 0.338 e. The number of furan rings is 1. The van der Waals surface area contributed by atoms with Gasteiger partial charge in [-0.1, -0.05) is 30.0 Å². The van der Waals surface area contributed by atoms with E-state index >= 15 is 0 Å². The molecule has 1 aromatic carbocycles. The van der Waals surface area contributed by atoms with Gasteiger partial charge in [0.15, 0.2) is 5.16 Å². The van der Waals surface area contributed by atoms with Crippen molar-refractivity contribution in [3.63, 3.8) is 0 Å². The molecule has 2 aromatic heterocycles. The van der Waals surface area contributed by atoms with Crippen LogP contribution in [0.1, 0.15) is 30.1 Å². The number of carbonyl (C=O) groups excluding carboxylic acids is 2. The average molecular weight is 454 g/mol. The minimum Gasteiger partial charge on any atom is -0.467 e. The molecule has 4 rings (SSSR count). The van der Waals surface area contributed by atoms with Crippen molar-refractivity contribution in [2.75, 3.05) is 12.4 Å².